The molecule has 0 aliphatic carbocycles. The van der Waals surface area contributed by atoms with Crippen LogP contribution >= 0.6 is 0 Å². The molecule has 0 aliphatic rings. The van der Waals surface area contributed by atoms with Gasteiger partial charge in [0.2, 0.25) is 0 Å². The zero-order chi connectivity index (χ0) is 10.6. The van der Waals surface area contributed by atoms with Crippen LogP contribution in [-0.4, -0.2) is 23.4 Å². The van der Waals surface area contributed by atoms with Gasteiger partial charge in [-0.25, -0.2) is 0 Å². The average molecular weight is 197 g/mol. The molecule has 1 aromatic heterocycles. The van der Waals surface area contributed by atoms with Crippen molar-refractivity contribution in [2.75, 3.05) is 13.7 Å². The minimum absolute atomic E-state index is 0.129. The van der Waals surface area contributed by atoms with Crippen molar-refractivity contribution in [3.8, 4) is 0 Å². The van der Waals surface area contributed by atoms with Crippen LogP contribution in [0.3, 0.4) is 0 Å². The number of aryl methyl sites for hydroxylation is 1. The summed E-state index contributed by atoms with van der Waals surface area (Å²) in [5.41, 5.74) is 3.41. The van der Waals surface area contributed by atoms with E-state index in [-0.39, 0.29) is 6.61 Å². The van der Waals surface area contributed by atoms with Crippen molar-refractivity contribution in [2.45, 2.75) is 33.4 Å². The van der Waals surface area contributed by atoms with Crippen LogP contribution in [0.2, 0.25) is 0 Å². The summed E-state index contributed by atoms with van der Waals surface area (Å²) in [6.45, 7) is 5.99. The first-order valence-electron chi connectivity index (χ1n) is 4.96. The second-order valence-corrected chi connectivity index (χ2v) is 3.55. The highest BCUT2D eigenvalue weighted by Gasteiger charge is 2.06. The van der Waals surface area contributed by atoms with E-state index >= 15 is 0 Å². The van der Waals surface area contributed by atoms with Crippen LogP contribution in [0.25, 0.3) is 0 Å². The lowest BCUT2D eigenvalue weighted by Crippen LogP contribution is -2.05. The molecule has 1 aromatic rings. The summed E-state index contributed by atoms with van der Waals surface area (Å²) in [6, 6.07) is 2.04. The van der Waals surface area contributed by atoms with Gasteiger partial charge in [0.15, 0.2) is 0 Å². The van der Waals surface area contributed by atoms with Crippen LogP contribution < -0.4 is 0 Å². The van der Waals surface area contributed by atoms with Crippen LogP contribution in [-0.2, 0) is 17.9 Å². The molecule has 0 amide bonds. The van der Waals surface area contributed by atoms with Crippen LogP contribution in [0.1, 0.15) is 23.4 Å². The van der Waals surface area contributed by atoms with E-state index in [1.165, 1.54) is 11.4 Å². The van der Waals surface area contributed by atoms with Crippen molar-refractivity contribution in [3.05, 3.63) is 23.0 Å². The van der Waals surface area contributed by atoms with Gasteiger partial charge in [0.05, 0.1) is 6.61 Å². The quantitative estimate of drug-likeness (QED) is 0.728. The maximum Gasteiger partial charge on any atom is 0.0699 e. The molecule has 14 heavy (non-hydrogen) atoms. The molecule has 0 aliphatic heterocycles. The standard InChI is InChI=1S/C11H19NO2/c1-9-7-11(8-13)10(2)12(9)5-4-6-14-3/h7,13H,4-6,8H2,1-3H3. The van der Waals surface area contributed by atoms with Crippen LogP contribution in [0.5, 0.6) is 0 Å². The minimum atomic E-state index is 0.129. The molecule has 0 aromatic carbocycles. The Morgan fingerprint density at radius 3 is 2.64 bits per heavy atom. The fraction of sp³-hybridized carbons (Fsp3) is 0.636. The number of methoxy groups -OCH3 is 1. The van der Waals surface area contributed by atoms with Crippen molar-refractivity contribution >= 4 is 0 Å². The second kappa shape index (κ2) is 5.17. The lowest BCUT2D eigenvalue weighted by Gasteiger charge is -2.08. The zero-order valence-electron chi connectivity index (χ0n) is 9.21. The topological polar surface area (TPSA) is 34.4 Å². The molecule has 1 heterocycles. The third kappa shape index (κ3) is 2.36. The Morgan fingerprint density at radius 2 is 2.14 bits per heavy atom. The molecular weight excluding hydrogens is 178 g/mol. The summed E-state index contributed by atoms with van der Waals surface area (Å²) >= 11 is 0. The summed E-state index contributed by atoms with van der Waals surface area (Å²) < 4.78 is 7.24. The SMILES string of the molecule is COCCCn1c(C)cc(CO)c1C. The van der Waals surface area contributed by atoms with E-state index in [0.717, 1.165) is 25.1 Å². The molecule has 3 nitrogen and oxygen atoms in total. The number of aliphatic hydroxyl groups excluding tert-OH is 1. The number of aliphatic hydroxyl groups is 1. The van der Waals surface area contributed by atoms with Gasteiger partial charge in [0.1, 0.15) is 0 Å². The highest BCUT2D eigenvalue weighted by atomic mass is 16.5. The molecule has 0 saturated heterocycles. The summed E-state index contributed by atoms with van der Waals surface area (Å²) in [5.74, 6) is 0. The zero-order valence-corrected chi connectivity index (χ0v) is 9.21. The lowest BCUT2D eigenvalue weighted by molar-refractivity contribution is 0.190. The monoisotopic (exact) mass is 197 g/mol. The van der Waals surface area contributed by atoms with E-state index < -0.39 is 0 Å². The highest BCUT2D eigenvalue weighted by molar-refractivity contribution is 5.25. The van der Waals surface area contributed by atoms with Gasteiger partial charge in [-0.1, -0.05) is 0 Å². The molecule has 0 spiro atoms. The number of hydrogen-bond donors (Lipinski definition) is 1. The fourth-order valence-corrected chi connectivity index (χ4v) is 1.74. The molecular formula is C11H19NO2. The van der Waals surface area contributed by atoms with E-state index in [4.69, 9.17) is 9.84 Å². The first-order chi connectivity index (χ1) is 6.70. The van der Waals surface area contributed by atoms with Crippen LogP contribution in [0.4, 0.5) is 0 Å². The molecule has 0 atom stereocenters. The lowest BCUT2D eigenvalue weighted by atomic mass is 10.2. The third-order valence-electron chi connectivity index (χ3n) is 2.58. The summed E-state index contributed by atoms with van der Waals surface area (Å²) in [5, 5.41) is 9.09. The smallest absolute Gasteiger partial charge is 0.0699 e. The normalized spacial score (nSPS) is 10.9. The number of ether oxygens (including phenoxy) is 1. The summed E-state index contributed by atoms with van der Waals surface area (Å²) in [7, 11) is 1.72. The van der Waals surface area contributed by atoms with E-state index in [9.17, 15) is 0 Å². The largest absolute Gasteiger partial charge is 0.392 e. The second-order valence-electron chi connectivity index (χ2n) is 3.55. The van der Waals surface area contributed by atoms with E-state index in [2.05, 4.69) is 11.5 Å². The summed E-state index contributed by atoms with van der Waals surface area (Å²) in [4.78, 5) is 0. The average Bonchev–Trinajstić information content (AvgIpc) is 2.45. The van der Waals surface area contributed by atoms with Crippen molar-refractivity contribution in [1.82, 2.24) is 4.57 Å². The van der Waals surface area contributed by atoms with Gasteiger partial charge in [0.25, 0.3) is 0 Å². The maximum atomic E-state index is 9.09. The van der Waals surface area contributed by atoms with Crippen molar-refractivity contribution in [1.29, 1.82) is 0 Å². The first kappa shape index (κ1) is 11.3. The number of nitrogens with zero attached hydrogens (tertiary/aromatic N) is 1. The van der Waals surface area contributed by atoms with Gasteiger partial charge in [-0.15, -0.1) is 0 Å². The van der Waals surface area contributed by atoms with Gasteiger partial charge in [-0.3, -0.25) is 0 Å². The Labute approximate surface area is 85.3 Å². The van der Waals surface area contributed by atoms with Crippen LogP contribution in [0.15, 0.2) is 6.07 Å². The highest BCUT2D eigenvalue weighted by Crippen LogP contribution is 2.15. The first-order valence-corrected chi connectivity index (χ1v) is 4.96. The maximum absolute atomic E-state index is 9.09. The molecule has 0 fully saturated rings. The van der Waals surface area contributed by atoms with Crippen molar-refractivity contribution in [2.24, 2.45) is 0 Å². The Kier molecular flexibility index (Phi) is 4.17. The van der Waals surface area contributed by atoms with Crippen molar-refractivity contribution in [3.63, 3.8) is 0 Å². The third-order valence-corrected chi connectivity index (χ3v) is 2.58. The number of aromatic nitrogens is 1. The molecule has 1 rings (SSSR count). The van der Waals surface area contributed by atoms with E-state index in [1.807, 2.05) is 13.0 Å². The van der Waals surface area contributed by atoms with Gasteiger partial charge in [-0.05, 0) is 31.9 Å². The Balaban J connectivity index is 2.70. The fourth-order valence-electron chi connectivity index (χ4n) is 1.74. The van der Waals surface area contributed by atoms with E-state index in [0.29, 0.717) is 0 Å². The predicted molar refractivity (Wildman–Crippen MR) is 56.3 cm³/mol. The molecule has 0 radical (unpaired) electrons. The van der Waals surface area contributed by atoms with Gasteiger partial charge >= 0.3 is 0 Å². The molecule has 0 unspecified atom stereocenters. The molecule has 0 bridgehead atoms. The van der Waals surface area contributed by atoms with Gasteiger partial charge < -0.3 is 14.4 Å². The number of hydrogen-bond acceptors (Lipinski definition) is 2. The molecule has 3 heteroatoms. The van der Waals surface area contributed by atoms with Crippen LogP contribution in [0, 0.1) is 13.8 Å². The molecule has 0 saturated carbocycles. The summed E-state index contributed by atoms with van der Waals surface area (Å²) in [6.07, 6.45) is 1.01. The molecule has 1 N–H and O–H groups in total. The van der Waals surface area contributed by atoms with Gasteiger partial charge in [0, 0.05) is 31.6 Å². The Morgan fingerprint density at radius 1 is 1.43 bits per heavy atom. The van der Waals surface area contributed by atoms with Crippen molar-refractivity contribution < 1.29 is 9.84 Å². The predicted octanol–water partition coefficient (Wildman–Crippen LogP) is 1.63. The Hall–Kier alpha value is -0.800. The molecule has 80 valence electrons. The minimum Gasteiger partial charge on any atom is -0.392 e. The van der Waals surface area contributed by atoms with E-state index in [1.54, 1.807) is 7.11 Å². The van der Waals surface area contributed by atoms with Gasteiger partial charge in [-0.2, -0.15) is 0 Å². The number of rotatable bonds is 5. The Bertz CT molecular complexity index is 292.